The Morgan fingerprint density at radius 3 is 2.72 bits per heavy atom. The maximum atomic E-state index is 5.22. The topological polar surface area (TPSA) is 21.3 Å². The molecule has 1 aliphatic rings. The smallest absolute Gasteiger partial charge is 0.0468 e. The lowest BCUT2D eigenvalue weighted by Crippen LogP contribution is -2.31. The number of ether oxygens (including phenoxy) is 1. The van der Waals surface area contributed by atoms with E-state index in [1.807, 2.05) is 11.3 Å². The van der Waals surface area contributed by atoms with Crippen molar-refractivity contribution in [1.82, 2.24) is 5.32 Å². The van der Waals surface area contributed by atoms with Gasteiger partial charge in [0.1, 0.15) is 0 Å². The molecule has 1 aromatic heterocycles. The van der Waals surface area contributed by atoms with Crippen molar-refractivity contribution in [2.75, 3.05) is 20.3 Å². The second-order valence-corrected chi connectivity index (χ2v) is 6.84. The van der Waals surface area contributed by atoms with Gasteiger partial charge in [0.05, 0.1) is 0 Å². The minimum atomic E-state index is 0.505. The second-order valence-electron chi connectivity index (χ2n) is 5.86. The van der Waals surface area contributed by atoms with E-state index in [1.165, 1.54) is 24.1 Å². The molecule has 3 heteroatoms. The van der Waals surface area contributed by atoms with Crippen molar-refractivity contribution in [1.29, 1.82) is 0 Å². The van der Waals surface area contributed by atoms with Crippen LogP contribution >= 0.6 is 11.3 Å². The van der Waals surface area contributed by atoms with Crippen LogP contribution in [-0.4, -0.2) is 20.3 Å². The molecule has 0 radical (unpaired) electrons. The predicted octanol–water partition coefficient (Wildman–Crippen LogP) is 3.85. The minimum Gasteiger partial charge on any atom is -0.385 e. The third kappa shape index (κ3) is 3.56. The van der Waals surface area contributed by atoms with Crippen LogP contribution < -0.4 is 5.32 Å². The first-order chi connectivity index (χ1) is 8.67. The number of methoxy groups -OCH3 is 1. The van der Waals surface area contributed by atoms with Crippen LogP contribution in [0.2, 0.25) is 0 Å². The van der Waals surface area contributed by atoms with E-state index in [4.69, 9.17) is 4.74 Å². The summed E-state index contributed by atoms with van der Waals surface area (Å²) in [6.07, 6.45) is 3.92. The molecule has 1 aliphatic carbocycles. The Labute approximate surface area is 115 Å². The van der Waals surface area contributed by atoms with E-state index in [0.717, 1.165) is 13.2 Å². The van der Waals surface area contributed by atoms with Gasteiger partial charge >= 0.3 is 0 Å². The SMILES string of the molecule is COCCC1(CNC(c2cccs2)C(C)C)CC1. The van der Waals surface area contributed by atoms with Gasteiger partial charge in [0.15, 0.2) is 0 Å². The quantitative estimate of drug-likeness (QED) is 0.772. The first-order valence-electron chi connectivity index (χ1n) is 6.93. The highest BCUT2D eigenvalue weighted by atomic mass is 32.1. The van der Waals surface area contributed by atoms with Gasteiger partial charge in [-0.25, -0.2) is 0 Å². The maximum Gasteiger partial charge on any atom is 0.0468 e. The van der Waals surface area contributed by atoms with Crippen molar-refractivity contribution in [2.24, 2.45) is 11.3 Å². The molecular formula is C15H25NOS. The molecule has 1 aromatic rings. The molecule has 1 heterocycles. The summed E-state index contributed by atoms with van der Waals surface area (Å²) in [5.41, 5.74) is 0.528. The first-order valence-corrected chi connectivity index (χ1v) is 7.80. The maximum absolute atomic E-state index is 5.22. The number of thiophene rings is 1. The van der Waals surface area contributed by atoms with E-state index in [2.05, 4.69) is 36.7 Å². The summed E-state index contributed by atoms with van der Waals surface area (Å²) in [5.74, 6) is 0.641. The molecule has 102 valence electrons. The third-order valence-corrected chi connectivity index (χ3v) is 4.96. The van der Waals surface area contributed by atoms with Crippen molar-refractivity contribution >= 4 is 11.3 Å². The first kappa shape index (κ1) is 14.0. The molecule has 1 saturated carbocycles. The Kier molecular flexibility index (Phi) is 4.82. The fraction of sp³-hybridized carbons (Fsp3) is 0.733. The number of hydrogen-bond donors (Lipinski definition) is 1. The summed E-state index contributed by atoms with van der Waals surface area (Å²) in [4.78, 5) is 1.47. The Morgan fingerprint density at radius 1 is 1.44 bits per heavy atom. The van der Waals surface area contributed by atoms with Gasteiger partial charge in [-0.05, 0) is 42.0 Å². The summed E-state index contributed by atoms with van der Waals surface area (Å²) < 4.78 is 5.22. The average molecular weight is 267 g/mol. The van der Waals surface area contributed by atoms with E-state index in [-0.39, 0.29) is 0 Å². The fourth-order valence-electron chi connectivity index (χ4n) is 2.47. The van der Waals surface area contributed by atoms with Crippen LogP contribution in [-0.2, 0) is 4.74 Å². The normalized spacial score (nSPS) is 19.1. The Morgan fingerprint density at radius 2 is 2.22 bits per heavy atom. The molecule has 0 saturated heterocycles. The van der Waals surface area contributed by atoms with Crippen molar-refractivity contribution in [3.05, 3.63) is 22.4 Å². The number of hydrogen-bond acceptors (Lipinski definition) is 3. The molecule has 0 amide bonds. The molecule has 0 bridgehead atoms. The van der Waals surface area contributed by atoms with E-state index >= 15 is 0 Å². The summed E-state index contributed by atoms with van der Waals surface area (Å²) in [6.45, 7) is 6.63. The average Bonchev–Trinajstić information content (AvgIpc) is 2.90. The van der Waals surface area contributed by atoms with Gasteiger partial charge in [-0.3, -0.25) is 0 Å². The molecule has 2 nitrogen and oxygen atoms in total. The van der Waals surface area contributed by atoms with Crippen LogP contribution in [0.4, 0.5) is 0 Å². The van der Waals surface area contributed by atoms with Gasteiger partial charge in [0.2, 0.25) is 0 Å². The molecule has 2 rings (SSSR count). The monoisotopic (exact) mass is 267 g/mol. The molecule has 1 N–H and O–H groups in total. The van der Waals surface area contributed by atoms with Gasteiger partial charge in [0.25, 0.3) is 0 Å². The molecule has 1 unspecified atom stereocenters. The zero-order valence-electron chi connectivity index (χ0n) is 11.7. The lowest BCUT2D eigenvalue weighted by molar-refractivity contribution is 0.169. The minimum absolute atomic E-state index is 0.505. The van der Waals surface area contributed by atoms with Gasteiger partial charge < -0.3 is 10.1 Å². The summed E-state index contributed by atoms with van der Waals surface area (Å²) in [5, 5.41) is 5.96. The van der Waals surface area contributed by atoms with Crippen LogP contribution in [0.25, 0.3) is 0 Å². The van der Waals surface area contributed by atoms with E-state index in [0.29, 0.717) is 17.4 Å². The van der Waals surface area contributed by atoms with Gasteiger partial charge in [-0.15, -0.1) is 11.3 Å². The van der Waals surface area contributed by atoms with Crippen LogP contribution in [0.3, 0.4) is 0 Å². The molecule has 1 atom stereocenters. The van der Waals surface area contributed by atoms with Crippen molar-refractivity contribution < 1.29 is 4.74 Å². The molecular weight excluding hydrogens is 242 g/mol. The van der Waals surface area contributed by atoms with E-state index in [1.54, 1.807) is 7.11 Å². The lowest BCUT2D eigenvalue weighted by Gasteiger charge is -2.25. The highest BCUT2D eigenvalue weighted by Gasteiger charge is 2.42. The highest BCUT2D eigenvalue weighted by molar-refractivity contribution is 7.10. The molecule has 1 fully saturated rings. The van der Waals surface area contributed by atoms with Crippen LogP contribution in [0, 0.1) is 11.3 Å². The van der Waals surface area contributed by atoms with Crippen molar-refractivity contribution in [2.45, 2.75) is 39.2 Å². The predicted molar refractivity (Wildman–Crippen MR) is 78.1 cm³/mol. The standard InChI is InChI=1S/C15H25NOS/c1-12(2)14(13-5-4-10-18-13)16-11-15(6-7-15)8-9-17-3/h4-5,10,12,14,16H,6-9,11H2,1-3H3. The molecule has 0 spiro atoms. The molecule has 0 aromatic carbocycles. The highest BCUT2D eigenvalue weighted by Crippen LogP contribution is 2.48. The van der Waals surface area contributed by atoms with Gasteiger partial charge in [-0.2, -0.15) is 0 Å². The van der Waals surface area contributed by atoms with Gasteiger partial charge in [0, 0.05) is 31.2 Å². The van der Waals surface area contributed by atoms with Crippen LogP contribution in [0.5, 0.6) is 0 Å². The van der Waals surface area contributed by atoms with Crippen LogP contribution in [0.1, 0.15) is 44.0 Å². The van der Waals surface area contributed by atoms with E-state index in [9.17, 15) is 0 Å². The Balaban J connectivity index is 1.87. The largest absolute Gasteiger partial charge is 0.385 e. The lowest BCUT2D eigenvalue weighted by atomic mass is 9.99. The Bertz CT molecular complexity index is 343. The fourth-order valence-corrected chi connectivity index (χ4v) is 3.44. The summed E-state index contributed by atoms with van der Waals surface area (Å²) in [7, 11) is 1.80. The molecule has 18 heavy (non-hydrogen) atoms. The second kappa shape index (κ2) is 6.18. The summed E-state index contributed by atoms with van der Waals surface area (Å²) in [6, 6.07) is 4.90. The number of rotatable bonds is 8. The van der Waals surface area contributed by atoms with Crippen LogP contribution in [0.15, 0.2) is 17.5 Å². The third-order valence-electron chi connectivity index (χ3n) is 4.01. The molecule has 0 aliphatic heterocycles. The summed E-state index contributed by atoms with van der Waals surface area (Å²) >= 11 is 1.86. The van der Waals surface area contributed by atoms with Crippen molar-refractivity contribution in [3.63, 3.8) is 0 Å². The Hall–Kier alpha value is -0.380. The van der Waals surface area contributed by atoms with Gasteiger partial charge in [-0.1, -0.05) is 19.9 Å². The van der Waals surface area contributed by atoms with E-state index < -0.39 is 0 Å². The zero-order valence-corrected chi connectivity index (χ0v) is 12.6. The number of nitrogens with one attached hydrogen (secondary N) is 1. The zero-order chi connectivity index (χ0) is 13.0. The van der Waals surface area contributed by atoms with Crippen molar-refractivity contribution in [3.8, 4) is 0 Å².